The van der Waals surface area contributed by atoms with Gasteiger partial charge in [0.15, 0.2) is 0 Å². The quantitative estimate of drug-likeness (QED) is 0.200. The minimum absolute atomic E-state index is 0.303. The van der Waals surface area contributed by atoms with E-state index in [4.69, 9.17) is 0 Å². The van der Waals surface area contributed by atoms with Gasteiger partial charge in [0.05, 0.1) is 17.8 Å². The van der Waals surface area contributed by atoms with Gasteiger partial charge in [-0.2, -0.15) is 5.10 Å². The average Bonchev–Trinajstić information content (AvgIpc) is 3.52. The number of unbranched alkanes of at least 4 members (excludes halogenated alkanes) is 1. The van der Waals surface area contributed by atoms with Crippen LogP contribution >= 0.6 is 0 Å². The molecule has 2 saturated heterocycles. The largest absolute Gasteiger partial charge is 0.405 e. The van der Waals surface area contributed by atoms with E-state index in [9.17, 15) is 0 Å². The van der Waals surface area contributed by atoms with Crippen molar-refractivity contribution in [1.29, 1.82) is 0 Å². The molecule has 234 valence electrons. The van der Waals surface area contributed by atoms with Crippen LogP contribution in [0.3, 0.4) is 0 Å². The average molecular weight is 587 g/mol. The Hall–Kier alpha value is -3.75. The highest BCUT2D eigenvalue weighted by Gasteiger charge is 2.30. The number of nitrogens with one attached hydrogen (secondary N) is 4. The molecule has 2 aliphatic heterocycles. The van der Waals surface area contributed by atoms with Crippen molar-refractivity contribution in [2.45, 2.75) is 64.6 Å². The Morgan fingerprint density at radius 1 is 1.07 bits per heavy atom. The molecule has 0 spiro atoms. The van der Waals surface area contributed by atoms with Gasteiger partial charge >= 0.3 is 0 Å². The standard InChI is InChI=1S/C29H39N7.C4H10.C2H5N/c1-3-30-20-24-6-4-5-7-27(24)33-26-10-14-36(15-11-26)29(22(2)35-16-12-31-13-17-35)19-23-8-9-28-25(18-23)21-32-34-28;1-3-4-2;1-2-3/h3-9,18,21,26,29-31,33H,1-2,10-17,19-20H2,(H,32,34);3-4H2,1-2H3;2H,1,3H2. The van der Waals surface area contributed by atoms with Crippen molar-refractivity contribution in [3.05, 3.63) is 97.6 Å². The SMILES string of the molecule is C=CN.C=CNCc1ccccc1NC1CCN(C(Cc2ccc3[nH]ncc3c2)C(=C)N2CCNCC2)CC1.CCCC. The van der Waals surface area contributed by atoms with Crippen LogP contribution in [-0.2, 0) is 13.0 Å². The number of benzene rings is 2. The van der Waals surface area contributed by atoms with Gasteiger partial charge in [-0.05, 0) is 61.0 Å². The van der Waals surface area contributed by atoms with Gasteiger partial charge in [-0.15, -0.1) is 0 Å². The summed E-state index contributed by atoms with van der Waals surface area (Å²) in [5.41, 5.74) is 10.8. The van der Waals surface area contributed by atoms with Crippen LogP contribution < -0.4 is 21.7 Å². The molecule has 3 heterocycles. The molecule has 0 saturated carbocycles. The fraction of sp³-hybridized carbons (Fsp3) is 0.457. The van der Waals surface area contributed by atoms with E-state index in [-0.39, 0.29) is 0 Å². The molecule has 43 heavy (non-hydrogen) atoms. The van der Waals surface area contributed by atoms with E-state index < -0.39 is 0 Å². The number of fused-ring (bicyclic) bond motifs is 1. The van der Waals surface area contributed by atoms with Gasteiger partial charge in [0.25, 0.3) is 0 Å². The Morgan fingerprint density at radius 2 is 1.77 bits per heavy atom. The van der Waals surface area contributed by atoms with Crippen molar-refractivity contribution in [3.8, 4) is 0 Å². The Balaban J connectivity index is 0.000000657. The van der Waals surface area contributed by atoms with Crippen molar-refractivity contribution in [3.63, 3.8) is 0 Å². The van der Waals surface area contributed by atoms with Gasteiger partial charge in [0, 0.05) is 68.6 Å². The summed E-state index contributed by atoms with van der Waals surface area (Å²) in [6.07, 6.45) is 10.8. The Morgan fingerprint density at radius 3 is 2.44 bits per heavy atom. The maximum Gasteiger partial charge on any atom is 0.0650 e. The number of H-pyrrole nitrogens is 1. The van der Waals surface area contributed by atoms with Crippen LogP contribution in [0.15, 0.2) is 86.5 Å². The summed E-state index contributed by atoms with van der Waals surface area (Å²) in [7, 11) is 0. The maximum atomic E-state index is 4.64. The van der Waals surface area contributed by atoms with Crippen LogP contribution in [0.1, 0.15) is 50.7 Å². The summed E-state index contributed by atoms with van der Waals surface area (Å²) in [4.78, 5) is 5.15. The van der Waals surface area contributed by atoms with E-state index in [0.717, 1.165) is 70.6 Å². The lowest BCUT2D eigenvalue weighted by Crippen LogP contribution is -2.51. The lowest BCUT2D eigenvalue weighted by molar-refractivity contribution is 0.144. The number of rotatable bonds is 11. The first-order chi connectivity index (χ1) is 21.0. The molecule has 1 atom stereocenters. The Labute approximate surface area is 259 Å². The van der Waals surface area contributed by atoms with Crippen LogP contribution in [-0.4, -0.2) is 71.3 Å². The molecule has 0 radical (unpaired) electrons. The van der Waals surface area contributed by atoms with Crippen molar-refractivity contribution >= 4 is 16.6 Å². The molecular formula is C35H54N8. The molecular weight excluding hydrogens is 532 g/mol. The van der Waals surface area contributed by atoms with Crippen LogP contribution in [0.25, 0.3) is 10.9 Å². The Kier molecular flexibility index (Phi) is 14.7. The highest BCUT2D eigenvalue weighted by molar-refractivity contribution is 5.78. The van der Waals surface area contributed by atoms with E-state index in [1.807, 2.05) is 6.20 Å². The van der Waals surface area contributed by atoms with E-state index in [0.29, 0.717) is 12.1 Å². The molecule has 6 N–H and O–H groups in total. The molecule has 8 nitrogen and oxygen atoms in total. The second kappa shape index (κ2) is 18.7. The zero-order valence-corrected chi connectivity index (χ0v) is 26.5. The van der Waals surface area contributed by atoms with Gasteiger partial charge in [-0.1, -0.05) is 70.7 Å². The van der Waals surface area contributed by atoms with Crippen LogP contribution in [0, 0.1) is 0 Å². The summed E-state index contributed by atoms with van der Waals surface area (Å²) in [6.45, 7) is 23.0. The number of aromatic nitrogens is 2. The van der Waals surface area contributed by atoms with E-state index in [2.05, 4.69) is 118 Å². The zero-order valence-electron chi connectivity index (χ0n) is 26.5. The topological polar surface area (TPSA) is 97.3 Å². The fourth-order valence-electron chi connectivity index (χ4n) is 5.54. The summed E-state index contributed by atoms with van der Waals surface area (Å²) in [5, 5.41) is 19.0. The first-order valence-corrected chi connectivity index (χ1v) is 15.9. The van der Waals surface area contributed by atoms with Crippen LogP contribution in [0.2, 0.25) is 0 Å². The number of piperazine rings is 1. The zero-order chi connectivity index (χ0) is 30.9. The van der Waals surface area contributed by atoms with Crippen molar-refractivity contribution in [1.82, 2.24) is 30.6 Å². The van der Waals surface area contributed by atoms with E-state index >= 15 is 0 Å². The first-order valence-electron chi connectivity index (χ1n) is 15.9. The first kappa shape index (κ1) is 33.7. The second-order valence-electron chi connectivity index (χ2n) is 11.2. The molecule has 5 rings (SSSR count). The maximum absolute atomic E-state index is 4.64. The number of para-hydroxylation sites is 1. The molecule has 2 aliphatic rings. The lowest BCUT2D eigenvalue weighted by atomic mass is 9.96. The smallest absolute Gasteiger partial charge is 0.0650 e. The van der Waals surface area contributed by atoms with Gasteiger partial charge in [0.2, 0.25) is 0 Å². The van der Waals surface area contributed by atoms with Gasteiger partial charge in [-0.3, -0.25) is 10.00 Å². The minimum atomic E-state index is 0.303. The third kappa shape index (κ3) is 10.5. The van der Waals surface area contributed by atoms with Gasteiger partial charge < -0.3 is 26.6 Å². The number of nitrogens with zero attached hydrogens (tertiary/aromatic N) is 3. The monoisotopic (exact) mass is 586 g/mol. The number of aromatic amines is 1. The molecule has 0 aliphatic carbocycles. The molecule has 3 aromatic rings. The Bertz CT molecular complexity index is 1240. The minimum Gasteiger partial charge on any atom is -0.405 e. The molecule has 8 heteroatoms. The third-order valence-corrected chi connectivity index (χ3v) is 8.13. The highest BCUT2D eigenvalue weighted by Crippen LogP contribution is 2.26. The van der Waals surface area contributed by atoms with Crippen molar-refractivity contribution in [2.75, 3.05) is 44.6 Å². The lowest BCUT2D eigenvalue weighted by Gasteiger charge is -2.43. The number of nitrogens with two attached hydrogens (primary N) is 1. The highest BCUT2D eigenvalue weighted by atomic mass is 15.3. The molecule has 2 fully saturated rings. The van der Waals surface area contributed by atoms with E-state index in [1.54, 1.807) is 6.20 Å². The third-order valence-electron chi connectivity index (χ3n) is 8.13. The number of anilines is 1. The molecule has 0 bridgehead atoms. The summed E-state index contributed by atoms with van der Waals surface area (Å²) >= 11 is 0. The van der Waals surface area contributed by atoms with E-state index in [1.165, 1.54) is 46.9 Å². The normalized spacial score (nSPS) is 16.2. The number of likely N-dealkylation sites (tertiary alicyclic amines) is 1. The number of hydrogen-bond donors (Lipinski definition) is 5. The van der Waals surface area contributed by atoms with Crippen molar-refractivity contribution in [2.24, 2.45) is 5.73 Å². The van der Waals surface area contributed by atoms with Gasteiger partial charge in [-0.25, -0.2) is 0 Å². The fourth-order valence-corrected chi connectivity index (χ4v) is 5.54. The summed E-state index contributed by atoms with van der Waals surface area (Å²) < 4.78 is 0. The molecule has 2 aromatic carbocycles. The van der Waals surface area contributed by atoms with Crippen LogP contribution in [0.5, 0.6) is 0 Å². The van der Waals surface area contributed by atoms with Crippen molar-refractivity contribution < 1.29 is 0 Å². The second-order valence-corrected chi connectivity index (χ2v) is 11.2. The van der Waals surface area contributed by atoms with Gasteiger partial charge in [0.1, 0.15) is 0 Å². The predicted octanol–water partition coefficient (Wildman–Crippen LogP) is 5.60. The summed E-state index contributed by atoms with van der Waals surface area (Å²) in [5.74, 6) is 0. The predicted molar refractivity (Wildman–Crippen MR) is 184 cm³/mol. The summed E-state index contributed by atoms with van der Waals surface area (Å²) in [6, 6.07) is 16.0. The number of hydrogen-bond acceptors (Lipinski definition) is 7. The molecule has 1 unspecified atom stereocenters. The molecule has 0 amide bonds. The molecule has 1 aromatic heterocycles. The number of piperidine rings is 1. The van der Waals surface area contributed by atoms with Crippen LogP contribution in [0.4, 0.5) is 5.69 Å².